The molecular formula is C17H24ClF2N5O2. The molecule has 1 aromatic carbocycles. The molecule has 150 valence electrons. The Morgan fingerprint density at radius 1 is 1.44 bits per heavy atom. The van der Waals surface area contributed by atoms with Gasteiger partial charge in [0.05, 0.1) is 6.54 Å². The number of likely N-dealkylation sites (tertiary alicyclic amines) is 1. The monoisotopic (exact) mass is 403 g/mol. The number of alkyl halides is 2. The Bertz CT molecular complexity index is 667. The Labute approximate surface area is 161 Å². The Balaban J connectivity index is 2.03. The van der Waals surface area contributed by atoms with Crippen LogP contribution in [0.15, 0.2) is 23.2 Å². The van der Waals surface area contributed by atoms with E-state index in [1.165, 1.54) is 12.1 Å². The molecular weight excluding hydrogens is 380 g/mol. The van der Waals surface area contributed by atoms with Crippen molar-refractivity contribution in [3.63, 3.8) is 0 Å². The van der Waals surface area contributed by atoms with E-state index < -0.39 is 12.6 Å². The van der Waals surface area contributed by atoms with Gasteiger partial charge in [-0.25, -0.2) is 9.79 Å². The summed E-state index contributed by atoms with van der Waals surface area (Å²) in [5.74, 6) is 0.599. The molecule has 0 unspecified atom stereocenters. The zero-order valence-corrected chi connectivity index (χ0v) is 15.8. The molecule has 10 heteroatoms. The number of halogens is 3. The van der Waals surface area contributed by atoms with Gasteiger partial charge in [0.2, 0.25) is 0 Å². The number of aliphatic imine (C=N–C) groups is 1. The number of urea groups is 1. The summed E-state index contributed by atoms with van der Waals surface area (Å²) in [4.78, 5) is 17.2. The minimum absolute atomic E-state index is 0.0452. The average molecular weight is 404 g/mol. The number of nitrogens with one attached hydrogen (secondary N) is 2. The Kier molecular flexibility index (Phi) is 7.90. The summed E-state index contributed by atoms with van der Waals surface area (Å²) in [5, 5.41) is 6.84. The summed E-state index contributed by atoms with van der Waals surface area (Å²) in [6.45, 7) is 0.924. The Morgan fingerprint density at radius 2 is 2.15 bits per heavy atom. The van der Waals surface area contributed by atoms with E-state index in [-0.39, 0.29) is 18.3 Å². The lowest BCUT2D eigenvalue weighted by atomic mass is 10.1. The Morgan fingerprint density at radius 3 is 2.74 bits per heavy atom. The summed E-state index contributed by atoms with van der Waals surface area (Å²) in [7, 11) is 0. The van der Waals surface area contributed by atoms with Crippen LogP contribution in [0.5, 0.6) is 5.75 Å². The molecule has 1 aliphatic rings. The zero-order chi connectivity index (χ0) is 19.8. The molecule has 1 heterocycles. The number of benzene rings is 1. The lowest BCUT2D eigenvalue weighted by molar-refractivity contribution is -0.0504. The number of hydrogen-bond acceptors (Lipinski definition) is 3. The SMILES string of the molecule is CCNC(=NCc1cc(Cl)ccc1OC(F)F)NC1CCN(C(N)=O)CC1. The predicted octanol–water partition coefficient (Wildman–Crippen LogP) is 2.54. The van der Waals surface area contributed by atoms with Crippen LogP contribution in [0.25, 0.3) is 0 Å². The molecule has 27 heavy (non-hydrogen) atoms. The highest BCUT2D eigenvalue weighted by Gasteiger charge is 2.21. The molecule has 0 atom stereocenters. The average Bonchev–Trinajstić information content (AvgIpc) is 2.62. The van der Waals surface area contributed by atoms with Gasteiger partial charge in [0.25, 0.3) is 0 Å². The molecule has 7 nitrogen and oxygen atoms in total. The number of carbonyl (C=O) groups is 1. The summed E-state index contributed by atoms with van der Waals surface area (Å²) < 4.78 is 29.7. The highest BCUT2D eigenvalue weighted by Crippen LogP contribution is 2.25. The van der Waals surface area contributed by atoms with Gasteiger partial charge in [-0.05, 0) is 38.0 Å². The van der Waals surface area contributed by atoms with Gasteiger partial charge in [0.1, 0.15) is 5.75 Å². The second-order valence-electron chi connectivity index (χ2n) is 6.07. The molecule has 1 saturated heterocycles. The molecule has 0 radical (unpaired) electrons. The summed E-state index contributed by atoms with van der Waals surface area (Å²) >= 11 is 5.96. The number of ether oxygens (including phenoxy) is 1. The van der Waals surface area contributed by atoms with Crippen LogP contribution in [0.1, 0.15) is 25.3 Å². The molecule has 0 saturated carbocycles. The molecule has 1 aromatic rings. The first kappa shape index (κ1) is 21.0. The van der Waals surface area contributed by atoms with Crippen LogP contribution < -0.4 is 21.1 Å². The Hall–Kier alpha value is -2.29. The minimum atomic E-state index is -2.92. The fourth-order valence-electron chi connectivity index (χ4n) is 2.80. The molecule has 0 bridgehead atoms. The van der Waals surface area contributed by atoms with Crippen LogP contribution in [0, 0.1) is 0 Å². The molecule has 4 N–H and O–H groups in total. The van der Waals surface area contributed by atoms with Crippen LogP contribution in [0.2, 0.25) is 5.02 Å². The largest absolute Gasteiger partial charge is 0.434 e. The van der Waals surface area contributed by atoms with Crippen molar-refractivity contribution in [2.45, 2.75) is 39.0 Å². The first-order valence-electron chi connectivity index (χ1n) is 8.71. The standard InChI is InChI=1S/C17H24ClF2N5O2/c1-2-22-17(24-13-5-7-25(8-6-13)16(21)26)23-10-11-9-12(18)3-4-14(11)27-15(19)20/h3-4,9,13,15H,2,5-8,10H2,1H3,(H2,21,26)(H2,22,23,24). The van der Waals surface area contributed by atoms with Gasteiger partial charge in [0.15, 0.2) is 5.96 Å². The summed E-state index contributed by atoms with van der Waals surface area (Å²) in [6.07, 6.45) is 1.48. The van der Waals surface area contributed by atoms with Crippen molar-refractivity contribution < 1.29 is 18.3 Å². The van der Waals surface area contributed by atoms with Crippen molar-refractivity contribution in [1.29, 1.82) is 0 Å². The van der Waals surface area contributed by atoms with Crippen molar-refractivity contribution >= 4 is 23.6 Å². The molecule has 1 fully saturated rings. The number of amides is 2. The van der Waals surface area contributed by atoms with Gasteiger partial charge >= 0.3 is 12.6 Å². The number of rotatable bonds is 6. The fraction of sp³-hybridized carbons (Fsp3) is 0.529. The highest BCUT2D eigenvalue weighted by molar-refractivity contribution is 6.30. The van der Waals surface area contributed by atoms with Crippen molar-refractivity contribution in [3.05, 3.63) is 28.8 Å². The third-order valence-corrected chi connectivity index (χ3v) is 4.37. The molecule has 2 rings (SSSR count). The maximum Gasteiger partial charge on any atom is 0.387 e. The number of primary amides is 1. The van der Waals surface area contributed by atoms with E-state index in [0.717, 1.165) is 12.8 Å². The minimum Gasteiger partial charge on any atom is -0.434 e. The van der Waals surface area contributed by atoms with Gasteiger partial charge in [-0.15, -0.1) is 0 Å². The van der Waals surface area contributed by atoms with Crippen LogP contribution in [0.4, 0.5) is 13.6 Å². The first-order valence-corrected chi connectivity index (χ1v) is 9.09. The van der Waals surface area contributed by atoms with Crippen LogP contribution in [-0.4, -0.2) is 49.2 Å². The topological polar surface area (TPSA) is 92.0 Å². The van der Waals surface area contributed by atoms with E-state index in [9.17, 15) is 13.6 Å². The smallest absolute Gasteiger partial charge is 0.387 e. The van der Waals surface area contributed by atoms with Gasteiger partial charge in [0, 0.05) is 36.3 Å². The number of piperidine rings is 1. The first-order chi connectivity index (χ1) is 12.9. The van der Waals surface area contributed by atoms with Crippen molar-refractivity contribution in [2.24, 2.45) is 10.7 Å². The third kappa shape index (κ3) is 6.74. The summed E-state index contributed by atoms with van der Waals surface area (Å²) in [5.41, 5.74) is 5.75. The van der Waals surface area contributed by atoms with Crippen LogP contribution in [0.3, 0.4) is 0 Å². The molecule has 0 aliphatic carbocycles. The second-order valence-corrected chi connectivity index (χ2v) is 6.51. The highest BCUT2D eigenvalue weighted by atomic mass is 35.5. The van der Waals surface area contributed by atoms with Gasteiger partial charge < -0.3 is 26.0 Å². The number of carbonyl (C=O) groups excluding carboxylic acids is 1. The van der Waals surface area contributed by atoms with Crippen molar-refractivity contribution in [1.82, 2.24) is 15.5 Å². The lowest BCUT2D eigenvalue weighted by Gasteiger charge is -2.32. The molecule has 1 aliphatic heterocycles. The van der Waals surface area contributed by atoms with E-state index in [2.05, 4.69) is 20.4 Å². The maximum absolute atomic E-state index is 12.6. The normalized spacial score (nSPS) is 15.7. The zero-order valence-electron chi connectivity index (χ0n) is 15.1. The van der Waals surface area contributed by atoms with Crippen LogP contribution in [-0.2, 0) is 6.54 Å². The van der Waals surface area contributed by atoms with E-state index in [1.807, 2.05) is 6.92 Å². The lowest BCUT2D eigenvalue weighted by Crippen LogP contribution is -2.50. The molecule has 2 amide bonds. The van der Waals surface area contributed by atoms with Crippen LogP contribution >= 0.6 is 11.6 Å². The number of nitrogens with zero attached hydrogens (tertiary/aromatic N) is 2. The third-order valence-electron chi connectivity index (χ3n) is 4.14. The van der Waals surface area contributed by atoms with E-state index in [1.54, 1.807) is 11.0 Å². The summed E-state index contributed by atoms with van der Waals surface area (Å²) in [6, 6.07) is 4.16. The maximum atomic E-state index is 12.6. The second kappa shape index (κ2) is 10.1. The van der Waals surface area contributed by atoms with Gasteiger partial charge in [-0.3, -0.25) is 0 Å². The van der Waals surface area contributed by atoms with Crippen molar-refractivity contribution in [2.75, 3.05) is 19.6 Å². The van der Waals surface area contributed by atoms with E-state index in [0.29, 0.717) is 36.2 Å². The van der Waals surface area contributed by atoms with Gasteiger partial charge in [-0.2, -0.15) is 8.78 Å². The van der Waals surface area contributed by atoms with E-state index >= 15 is 0 Å². The number of nitrogens with two attached hydrogens (primary N) is 1. The molecule has 0 spiro atoms. The van der Waals surface area contributed by atoms with Gasteiger partial charge in [-0.1, -0.05) is 11.6 Å². The number of guanidine groups is 1. The predicted molar refractivity (Wildman–Crippen MR) is 100 cm³/mol. The van der Waals surface area contributed by atoms with Crippen molar-refractivity contribution in [3.8, 4) is 5.75 Å². The quantitative estimate of drug-likeness (QED) is 0.502. The van der Waals surface area contributed by atoms with E-state index in [4.69, 9.17) is 17.3 Å². The number of hydrogen-bond donors (Lipinski definition) is 3. The molecule has 0 aromatic heterocycles. The fourth-order valence-corrected chi connectivity index (χ4v) is 3.00.